The number of rotatable bonds is 13. The zero-order chi connectivity index (χ0) is 16.0. The first-order valence-electron chi connectivity index (χ1n) is 8.77. The molecule has 1 aromatic rings. The molecule has 2 N–H and O–H groups in total. The van der Waals surface area contributed by atoms with E-state index >= 15 is 0 Å². The lowest BCUT2D eigenvalue weighted by Crippen LogP contribution is -2.08. The molecule has 22 heavy (non-hydrogen) atoms. The van der Waals surface area contributed by atoms with Crippen LogP contribution in [0, 0.1) is 0 Å². The number of aliphatic hydroxyl groups is 2. The van der Waals surface area contributed by atoms with Crippen LogP contribution in [0.3, 0.4) is 0 Å². The minimum absolute atomic E-state index is 0.154. The molecule has 3 heteroatoms. The van der Waals surface area contributed by atoms with E-state index in [0.29, 0.717) is 12.8 Å². The zero-order valence-corrected chi connectivity index (χ0v) is 14.0. The Bertz CT molecular complexity index is 361. The normalized spacial score (nSPS) is 12.3. The third-order valence-corrected chi connectivity index (χ3v) is 3.90. The Balaban J connectivity index is 2.17. The highest BCUT2D eigenvalue weighted by Crippen LogP contribution is 2.15. The summed E-state index contributed by atoms with van der Waals surface area (Å²) in [5.41, 5.74) is 1.22. The summed E-state index contributed by atoms with van der Waals surface area (Å²) in [5.74, 6) is 0.931. The summed E-state index contributed by atoms with van der Waals surface area (Å²) in [7, 11) is 0. The fourth-order valence-corrected chi connectivity index (χ4v) is 2.45. The molecule has 0 aromatic heterocycles. The van der Waals surface area contributed by atoms with Gasteiger partial charge in [0.25, 0.3) is 0 Å². The van der Waals surface area contributed by atoms with E-state index in [4.69, 9.17) is 9.84 Å². The molecule has 1 unspecified atom stereocenters. The van der Waals surface area contributed by atoms with E-state index < -0.39 is 0 Å². The van der Waals surface area contributed by atoms with E-state index in [9.17, 15) is 5.11 Å². The predicted octanol–water partition coefficient (Wildman–Crippen LogP) is 4.10. The Hall–Kier alpha value is -1.06. The number of hydrogen-bond acceptors (Lipinski definition) is 3. The summed E-state index contributed by atoms with van der Waals surface area (Å²) in [5, 5.41) is 18.5. The van der Waals surface area contributed by atoms with E-state index in [1.54, 1.807) is 0 Å². The van der Waals surface area contributed by atoms with Crippen LogP contribution in [0.1, 0.15) is 63.9 Å². The fourth-order valence-electron chi connectivity index (χ4n) is 2.45. The van der Waals surface area contributed by atoms with Crippen molar-refractivity contribution in [3.05, 3.63) is 29.8 Å². The van der Waals surface area contributed by atoms with Gasteiger partial charge in [0.15, 0.2) is 0 Å². The average Bonchev–Trinajstić information content (AvgIpc) is 2.55. The third-order valence-electron chi connectivity index (χ3n) is 3.90. The van der Waals surface area contributed by atoms with Gasteiger partial charge in [0.1, 0.15) is 5.75 Å². The largest absolute Gasteiger partial charge is 0.494 e. The van der Waals surface area contributed by atoms with Crippen LogP contribution in [0.15, 0.2) is 24.3 Å². The number of aryl methyl sites for hydroxylation is 1. The van der Waals surface area contributed by atoms with E-state index in [1.807, 2.05) is 12.1 Å². The van der Waals surface area contributed by atoms with E-state index in [-0.39, 0.29) is 12.7 Å². The van der Waals surface area contributed by atoms with Crippen molar-refractivity contribution < 1.29 is 14.9 Å². The molecule has 3 nitrogen and oxygen atoms in total. The fraction of sp³-hybridized carbons (Fsp3) is 0.684. The lowest BCUT2D eigenvalue weighted by Gasteiger charge is -2.10. The van der Waals surface area contributed by atoms with Crippen LogP contribution < -0.4 is 4.74 Å². The molecule has 0 aliphatic heterocycles. The van der Waals surface area contributed by atoms with Crippen LogP contribution in [0.2, 0.25) is 0 Å². The predicted molar refractivity (Wildman–Crippen MR) is 91.3 cm³/mol. The molecular weight excluding hydrogens is 276 g/mol. The smallest absolute Gasteiger partial charge is 0.119 e. The van der Waals surface area contributed by atoms with Crippen molar-refractivity contribution in [1.82, 2.24) is 0 Å². The molecule has 0 amide bonds. The molecule has 0 spiro atoms. The molecule has 0 saturated carbocycles. The quantitative estimate of drug-likeness (QED) is 0.539. The van der Waals surface area contributed by atoms with Gasteiger partial charge >= 0.3 is 0 Å². The van der Waals surface area contributed by atoms with Crippen molar-refractivity contribution in [3.8, 4) is 5.75 Å². The lowest BCUT2D eigenvalue weighted by molar-refractivity contribution is 0.141. The van der Waals surface area contributed by atoms with Gasteiger partial charge in [0.2, 0.25) is 0 Å². The van der Waals surface area contributed by atoms with Crippen molar-refractivity contribution in [2.45, 2.75) is 70.8 Å². The molecule has 1 atom stereocenters. The first-order valence-corrected chi connectivity index (χ1v) is 8.77. The highest BCUT2D eigenvalue weighted by molar-refractivity contribution is 5.27. The Morgan fingerprint density at radius 3 is 2.36 bits per heavy atom. The summed E-state index contributed by atoms with van der Waals surface area (Å²) in [4.78, 5) is 0. The van der Waals surface area contributed by atoms with Gasteiger partial charge in [0.05, 0.1) is 12.7 Å². The molecule has 1 aromatic carbocycles. The maximum absolute atomic E-state index is 9.77. The molecule has 0 radical (unpaired) electrons. The van der Waals surface area contributed by atoms with Gasteiger partial charge in [-0.2, -0.15) is 0 Å². The van der Waals surface area contributed by atoms with Gasteiger partial charge < -0.3 is 14.9 Å². The molecule has 0 fully saturated rings. The Morgan fingerprint density at radius 1 is 0.955 bits per heavy atom. The Labute approximate surface area is 135 Å². The summed E-state index contributed by atoms with van der Waals surface area (Å²) in [6.45, 7) is 3.17. The molecule has 0 bridgehead atoms. The second kappa shape index (κ2) is 12.5. The number of ether oxygens (including phenoxy) is 1. The van der Waals surface area contributed by atoms with Crippen molar-refractivity contribution in [1.29, 1.82) is 0 Å². The SMILES string of the molecule is CCCCCCCOc1ccc(CCC(O)CCCO)cc1. The van der Waals surface area contributed by atoms with Crippen LogP contribution in [-0.4, -0.2) is 29.5 Å². The molecule has 126 valence electrons. The average molecular weight is 308 g/mol. The van der Waals surface area contributed by atoms with Crippen LogP contribution in [0.4, 0.5) is 0 Å². The van der Waals surface area contributed by atoms with Gasteiger partial charge in [-0.15, -0.1) is 0 Å². The second-order valence-corrected chi connectivity index (χ2v) is 5.96. The van der Waals surface area contributed by atoms with Crippen molar-refractivity contribution in [2.75, 3.05) is 13.2 Å². The van der Waals surface area contributed by atoms with Crippen molar-refractivity contribution >= 4 is 0 Å². The topological polar surface area (TPSA) is 49.7 Å². The molecule has 0 saturated heterocycles. The van der Waals surface area contributed by atoms with Crippen LogP contribution >= 0.6 is 0 Å². The minimum atomic E-state index is -0.314. The molecule has 0 heterocycles. The maximum Gasteiger partial charge on any atom is 0.119 e. The van der Waals surface area contributed by atoms with Gasteiger partial charge in [-0.1, -0.05) is 44.7 Å². The van der Waals surface area contributed by atoms with E-state index in [0.717, 1.165) is 31.6 Å². The summed E-state index contributed by atoms with van der Waals surface area (Å²) in [6.07, 6.45) is 8.92. The standard InChI is InChI=1S/C19H32O3/c1-2-3-4-5-6-16-22-19-13-10-17(11-14-19)9-12-18(21)8-7-15-20/h10-11,13-14,18,20-21H,2-9,12,15-16H2,1H3. The third kappa shape index (κ3) is 9.06. The van der Waals surface area contributed by atoms with Gasteiger partial charge in [-0.05, 0) is 49.8 Å². The Kier molecular flexibility index (Phi) is 10.8. The van der Waals surface area contributed by atoms with Crippen LogP contribution in [0.5, 0.6) is 5.75 Å². The highest BCUT2D eigenvalue weighted by Gasteiger charge is 2.04. The van der Waals surface area contributed by atoms with Gasteiger partial charge in [-0.3, -0.25) is 0 Å². The number of benzene rings is 1. The molecule has 0 aliphatic carbocycles. The first-order chi connectivity index (χ1) is 10.8. The molecule has 0 aliphatic rings. The van der Waals surface area contributed by atoms with E-state index in [2.05, 4.69) is 19.1 Å². The van der Waals surface area contributed by atoms with E-state index in [1.165, 1.54) is 31.2 Å². The molecular formula is C19H32O3. The second-order valence-electron chi connectivity index (χ2n) is 5.96. The monoisotopic (exact) mass is 308 g/mol. The summed E-state index contributed by atoms with van der Waals surface area (Å²) >= 11 is 0. The summed E-state index contributed by atoms with van der Waals surface area (Å²) < 4.78 is 5.74. The highest BCUT2D eigenvalue weighted by atomic mass is 16.5. The maximum atomic E-state index is 9.77. The van der Waals surface area contributed by atoms with Gasteiger partial charge in [-0.25, -0.2) is 0 Å². The van der Waals surface area contributed by atoms with Crippen LogP contribution in [-0.2, 0) is 6.42 Å². The van der Waals surface area contributed by atoms with Crippen molar-refractivity contribution in [2.24, 2.45) is 0 Å². The van der Waals surface area contributed by atoms with Crippen LogP contribution in [0.25, 0.3) is 0 Å². The zero-order valence-electron chi connectivity index (χ0n) is 14.0. The number of aliphatic hydroxyl groups excluding tert-OH is 2. The molecule has 1 rings (SSSR count). The number of unbranched alkanes of at least 4 members (excludes halogenated alkanes) is 4. The summed E-state index contributed by atoms with van der Waals surface area (Å²) in [6, 6.07) is 8.18. The Morgan fingerprint density at radius 2 is 1.68 bits per heavy atom. The minimum Gasteiger partial charge on any atom is -0.494 e. The first kappa shape index (κ1) is 19.0. The van der Waals surface area contributed by atoms with Crippen molar-refractivity contribution in [3.63, 3.8) is 0 Å². The number of hydrogen-bond donors (Lipinski definition) is 2. The van der Waals surface area contributed by atoms with Gasteiger partial charge in [0, 0.05) is 6.61 Å². The lowest BCUT2D eigenvalue weighted by atomic mass is 10.0.